The van der Waals surface area contributed by atoms with E-state index < -0.39 is 0 Å². The van der Waals surface area contributed by atoms with Gasteiger partial charge in [0.1, 0.15) is 0 Å². The van der Waals surface area contributed by atoms with Crippen LogP contribution < -0.4 is 28.1 Å². The van der Waals surface area contributed by atoms with E-state index in [2.05, 4.69) is 25.1 Å². The van der Waals surface area contributed by atoms with Crippen LogP contribution in [0.25, 0.3) is 0 Å². The Balaban J connectivity index is 0.000000250. The standard InChI is InChI=1S/5C5H6N2O/c1-7-4-6-3-2-5(7)8;2*1-7-4-2-3-6-5(7)8;2*1-7-5(8)3-2-4-6-7/h5*2-4H,1H3. The minimum absolute atomic E-state index is 0.0278. The first-order valence-electron chi connectivity index (χ1n) is 11.4. The average molecular weight is 551 g/mol. The van der Waals surface area contributed by atoms with Crippen molar-refractivity contribution >= 4 is 0 Å². The normalized spacial score (nSPS) is 9.12. The van der Waals surface area contributed by atoms with Crippen LogP contribution in [0.5, 0.6) is 0 Å². The Morgan fingerprint density at radius 2 is 0.950 bits per heavy atom. The van der Waals surface area contributed by atoms with Gasteiger partial charge in [-0.25, -0.2) is 33.9 Å². The third-order valence-corrected chi connectivity index (χ3v) is 4.42. The van der Waals surface area contributed by atoms with Crippen molar-refractivity contribution in [2.24, 2.45) is 35.2 Å². The van der Waals surface area contributed by atoms with Gasteiger partial charge in [-0.05, 0) is 24.3 Å². The molecule has 0 amide bonds. The summed E-state index contributed by atoms with van der Waals surface area (Å²) >= 11 is 0. The van der Waals surface area contributed by atoms with Gasteiger partial charge >= 0.3 is 11.4 Å². The lowest BCUT2D eigenvalue weighted by Gasteiger charge is -1.88. The predicted octanol–water partition coefficient (Wildman–Crippen LogP) is -1.10. The molecular weight excluding hydrogens is 520 g/mol. The van der Waals surface area contributed by atoms with Gasteiger partial charge in [0.15, 0.2) is 0 Å². The molecule has 0 N–H and O–H groups in total. The van der Waals surface area contributed by atoms with E-state index in [4.69, 9.17) is 0 Å². The van der Waals surface area contributed by atoms with Gasteiger partial charge < -0.3 is 13.7 Å². The number of hydrogen-bond acceptors (Lipinski definition) is 10. The fraction of sp³-hybridized carbons (Fsp3) is 0.200. The van der Waals surface area contributed by atoms with E-state index in [-0.39, 0.29) is 28.1 Å². The first-order valence-corrected chi connectivity index (χ1v) is 11.4. The Labute approximate surface area is 227 Å². The molecule has 40 heavy (non-hydrogen) atoms. The monoisotopic (exact) mass is 550 g/mol. The average Bonchev–Trinajstić information content (AvgIpc) is 2.94. The second kappa shape index (κ2) is 17.8. The van der Waals surface area contributed by atoms with E-state index in [1.54, 1.807) is 84.3 Å². The number of aromatic nitrogens is 10. The summed E-state index contributed by atoms with van der Waals surface area (Å²) in [5.74, 6) is 0. The molecule has 0 saturated carbocycles. The van der Waals surface area contributed by atoms with Crippen molar-refractivity contribution in [1.29, 1.82) is 0 Å². The van der Waals surface area contributed by atoms with Crippen LogP contribution in [0.3, 0.4) is 0 Å². The molecule has 0 radical (unpaired) electrons. The molecule has 0 unspecified atom stereocenters. The van der Waals surface area contributed by atoms with Crippen molar-refractivity contribution in [2.75, 3.05) is 0 Å². The van der Waals surface area contributed by atoms with Crippen molar-refractivity contribution < 1.29 is 0 Å². The number of aryl methyl sites for hydroxylation is 5. The fourth-order valence-corrected chi connectivity index (χ4v) is 2.14. The summed E-state index contributed by atoms with van der Waals surface area (Å²) in [6.45, 7) is 0. The number of nitrogens with zero attached hydrogens (tertiary/aromatic N) is 10. The van der Waals surface area contributed by atoms with Crippen LogP contribution >= 0.6 is 0 Å². The van der Waals surface area contributed by atoms with Crippen molar-refractivity contribution in [3.8, 4) is 0 Å². The molecule has 0 aliphatic rings. The summed E-state index contributed by atoms with van der Waals surface area (Å²) in [4.78, 5) is 63.2. The molecule has 15 nitrogen and oxygen atoms in total. The summed E-state index contributed by atoms with van der Waals surface area (Å²) in [5.41, 5.74) is -0.611. The van der Waals surface area contributed by atoms with E-state index in [1.165, 1.54) is 66.2 Å². The molecule has 5 aromatic rings. The Bertz CT molecular complexity index is 1440. The first kappa shape index (κ1) is 32.4. The minimum atomic E-state index is -0.215. The zero-order chi connectivity index (χ0) is 29.9. The van der Waals surface area contributed by atoms with Gasteiger partial charge in [0.05, 0.1) is 6.33 Å². The summed E-state index contributed by atoms with van der Waals surface area (Å²) < 4.78 is 6.81. The van der Waals surface area contributed by atoms with Crippen LogP contribution in [0, 0.1) is 0 Å². The van der Waals surface area contributed by atoms with Crippen molar-refractivity contribution in [1.82, 2.24) is 48.2 Å². The molecule has 5 rings (SSSR count). The molecule has 0 aliphatic heterocycles. The molecule has 0 bridgehead atoms. The highest BCUT2D eigenvalue weighted by Gasteiger charge is 1.83. The van der Waals surface area contributed by atoms with Crippen LogP contribution in [-0.4, -0.2) is 48.2 Å². The molecule has 0 aromatic carbocycles. The zero-order valence-corrected chi connectivity index (χ0v) is 22.7. The lowest BCUT2D eigenvalue weighted by Crippen LogP contribution is -2.17. The second-order valence-corrected chi connectivity index (χ2v) is 7.53. The molecule has 0 spiro atoms. The van der Waals surface area contributed by atoms with Gasteiger partial charge in [-0.15, -0.1) is 0 Å². The Hall–Kier alpha value is -5.60. The maximum atomic E-state index is 10.5. The SMILES string of the molecule is Cn1cccnc1=O.Cn1cccnc1=O.Cn1cnccc1=O.Cn1ncccc1=O.Cn1ncccc1=O. The summed E-state index contributed by atoms with van der Waals surface area (Å²) in [5, 5.41) is 7.37. The van der Waals surface area contributed by atoms with E-state index in [0.717, 1.165) is 0 Å². The van der Waals surface area contributed by atoms with Gasteiger partial charge in [0.2, 0.25) is 0 Å². The third-order valence-electron chi connectivity index (χ3n) is 4.42. The fourth-order valence-electron chi connectivity index (χ4n) is 2.14. The molecule has 210 valence electrons. The molecule has 0 fully saturated rings. The van der Waals surface area contributed by atoms with Crippen LogP contribution in [0.2, 0.25) is 0 Å². The lowest BCUT2D eigenvalue weighted by atomic mass is 10.6. The van der Waals surface area contributed by atoms with E-state index >= 15 is 0 Å². The second-order valence-electron chi connectivity index (χ2n) is 7.53. The maximum Gasteiger partial charge on any atom is 0.347 e. The van der Waals surface area contributed by atoms with Crippen LogP contribution in [0.15, 0.2) is 116 Å². The molecular formula is C25H30N10O5. The highest BCUT2D eigenvalue weighted by atomic mass is 16.2. The molecule has 5 heterocycles. The molecule has 0 atom stereocenters. The van der Waals surface area contributed by atoms with Crippen molar-refractivity contribution in [3.05, 3.63) is 144 Å². The van der Waals surface area contributed by atoms with Gasteiger partial charge in [-0.3, -0.25) is 14.4 Å². The zero-order valence-electron chi connectivity index (χ0n) is 22.7. The topological polar surface area (TPSA) is 174 Å². The van der Waals surface area contributed by atoms with Crippen LogP contribution in [0.4, 0.5) is 0 Å². The summed E-state index contributed by atoms with van der Waals surface area (Å²) in [6.07, 6.45) is 12.4. The Kier molecular flexibility index (Phi) is 14.4. The highest BCUT2D eigenvalue weighted by molar-refractivity contribution is 4.84. The largest absolute Gasteiger partial charge is 0.347 e. The number of rotatable bonds is 0. The maximum absolute atomic E-state index is 10.5. The minimum Gasteiger partial charge on any atom is -0.302 e. The van der Waals surface area contributed by atoms with Gasteiger partial charge in [-0.2, -0.15) is 10.2 Å². The molecule has 5 aromatic heterocycles. The van der Waals surface area contributed by atoms with Crippen LogP contribution in [-0.2, 0) is 35.2 Å². The number of hydrogen-bond donors (Lipinski definition) is 0. The lowest BCUT2D eigenvalue weighted by molar-refractivity contribution is 0.707. The van der Waals surface area contributed by atoms with Crippen LogP contribution in [0.1, 0.15) is 0 Å². The van der Waals surface area contributed by atoms with Gasteiger partial charge in [0, 0.05) is 96.8 Å². The van der Waals surface area contributed by atoms with Crippen molar-refractivity contribution in [3.63, 3.8) is 0 Å². The molecule has 15 heteroatoms. The summed E-state index contributed by atoms with van der Waals surface area (Å²) in [6, 6.07) is 11.0. The third kappa shape index (κ3) is 13.1. The van der Waals surface area contributed by atoms with E-state index in [1.807, 2.05) is 0 Å². The summed E-state index contributed by atoms with van der Waals surface area (Å²) in [7, 11) is 8.21. The van der Waals surface area contributed by atoms with E-state index in [0.29, 0.717) is 0 Å². The van der Waals surface area contributed by atoms with Crippen molar-refractivity contribution in [2.45, 2.75) is 0 Å². The first-order chi connectivity index (χ1) is 19.0. The quantitative estimate of drug-likeness (QED) is 0.230. The van der Waals surface area contributed by atoms with Gasteiger partial charge in [-0.1, -0.05) is 0 Å². The Morgan fingerprint density at radius 1 is 0.500 bits per heavy atom. The Morgan fingerprint density at radius 3 is 1.18 bits per heavy atom. The molecule has 0 saturated heterocycles. The predicted molar refractivity (Wildman–Crippen MR) is 147 cm³/mol. The molecule has 0 aliphatic carbocycles. The smallest absolute Gasteiger partial charge is 0.302 e. The van der Waals surface area contributed by atoms with E-state index in [9.17, 15) is 24.0 Å². The van der Waals surface area contributed by atoms with Gasteiger partial charge in [0.25, 0.3) is 16.7 Å². The highest BCUT2D eigenvalue weighted by Crippen LogP contribution is 1.70.